The first-order valence-corrected chi connectivity index (χ1v) is 24.9. The number of nitrogens with zero attached hydrogens (tertiary/aromatic N) is 1. The fourth-order valence-corrected chi connectivity index (χ4v) is 7.32. The molecule has 0 saturated heterocycles. The molecule has 0 N–H and O–H groups in total. The number of phosphoric ester groups is 1. The molecular weight excluding hydrogens is 725 g/mol. The Morgan fingerprint density at radius 2 is 0.911 bits per heavy atom. The summed E-state index contributed by atoms with van der Waals surface area (Å²) in [7, 11) is 1.17. The molecule has 10 heteroatoms. The van der Waals surface area contributed by atoms with E-state index in [1.807, 2.05) is 21.1 Å². The maximum atomic E-state index is 12.7. The smallest absolute Gasteiger partial charge is 0.306 e. The van der Waals surface area contributed by atoms with Crippen LogP contribution in [-0.4, -0.2) is 70.0 Å². The zero-order valence-corrected chi connectivity index (χ0v) is 38.2. The Labute approximate surface area is 346 Å². The number of hydrogen-bond acceptors (Lipinski definition) is 8. The van der Waals surface area contributed by atoms with E-state index in [4.69, 9.17) is 18.5 Å². The van der Waals surface area contributed by atoms with E-state index in [-0.39, 0.29) is 32.0 Å². The van der Waals surface area contributed by atoms with Crippen LogP contribution in [0.15, 0.2) is 12.2 Å². The van der Waals surface area contributed by atoms with Crippen LogP contribution < -0.4 is 4.89 Å². The van der Waals surface area contributed by atoms with Crippen LogP contribution in [0.1, 0.15) is 219 Å². The van der Waals surface area contributed by atoms with Crippen molar-refractivity contribution < 1.29 is 42.1 Å². The van der Waals surface area contributed by atoms with Crippen LogP contribution >= 0.6 is 7.82 Å². The molecule has 0 bridgehead atoms. The van der Waals surface area contributed by atoms with Crippen molar-refractivity contribution in [3.63, 3.8) is 0 Å². The predicted octanol–water partition coefficient (Wildman–Crippen LogP) is 12.7. The second-order valence-electron chi connectivity index (χ2n) is 17.1. The summed E-state index contributed by atoms with van der Waals surface area (Å²) < 4.78 is 33.9. The lowest BCUT2D eigenvalue weighted by atomic mass is 10.0. The average Bonchev–Trinajstić information content (AvgIpc) is 3.15. The Morgan fingerprint density at radius 3 is 1.32 bits per heavy atom. The van der Waals surface area contributed by atoms with Crippen molar-refractivity contribution in [2.45, 2.75) is 225 Å². The summed E-state index contributed by atoms with van der Waals surface area (Å²) in [6.07, 6.45) is 40.9. The highest BCUT2D eigenvalue weighted by atomic mass is 31.2. The number of likely N-dealkylation sites (N-methyl/N-ethyl adjacent to an activating group) is 1. The van der Waals surface area contributed by atoms with Gasteiger partial charge in [0.15, 0.2) is 6.10 Å². The monoisotopic (exact) mass is 816 g/mol. The van der Waals surface area contributed by atoms with Gasteiger partial charge in [0.1, 0.15) is 19.8 Å². The summed E-state index contributed by atoms with van der Waals surface area (Å²) >= 11 is 0. The molecule has 0 aromatic carbocycles. The summed E-state index contributed by atoms with van der Waals surface area (Å²) in [6.45, 7) is 4.24. The van der Waals surface area contributed by atoms with Gasteiger partial charge in [0, 0.05) is 12.8 Å². The highest BCUT2D eigenvalue weighted by molar-refractivity contribution is 7.45. The highest BCUT2D eigenvalue weighted by Gasteiger charge is 2.21. The quantitative estimate of drug-likeness (QED) is 0.0197. The summed E-state index contributed by atoms with van der Waals surface area (Å²) in [5.74, 6) is -0.833. The topological polar surface area (TPSA) is 111 Å². The van der Waals surface area contributed by atoms with Gasteiger partial charge in [-0.15, -0.1) is 0 Å². The van der Waals surface area contributed by atoms with Crippen molar-refractivity contribution >= 4 is 19.8 Å². The van der Waals surface area contributed by atoms with Gasteiger partial charge in [-0.3, -0.25) is 14.2 Å². The van der Waals surface area contributed by atoms with Gasteiger partial charge in [0.05, 0.1) is 27.7 Å². The first-order chi connectivity index (χ1) is 27.0. The Bertz CT molecular complexity index is 969. The number of esters is 2. The molecule has 332 valence electrons. The molecule has 0 rings (SSSR count). The SMILES string of the molecule is CCCCCCCC/C=C\CCCCCCCC(=O)OC(COC(=O)CCCCCCCCCCCCCCCCCCC)COP(=O)([O-])OCC[N+](C)(C)C. The van der Waals surface area contributed by atoms with Crippen molar-refractivity contribution in [1.29, 1.82) is 0 Å². The molecule has 0 fully saturated rings. The van der Waals surface area contributed by atoms with Crippen LogP contribution in [0.3, 0.4) is 0 Å². The Morgan fingerprint density at radius 1 is 0.536 bits per heavy atom. The highest BCUT2D eigenvalue weighted by Crippen LogP contribution is 2.38. The standard InChI is InChI=1S/C46H90NO8P/c1-6-8-10-12-14-16-18-20-22-23-25-26-28-30-32-34-36-38-45(48)52-42-44(43-54-56(50,51)53-41-40-47(3,4)5)55-46(49)39-37-35-33-31-29-27-24-21-19-17-15-13-11-9-7-2/h21,24,44H,6-20,22-23,25-43H2,1-5H3/b24-21-. The molecule has 0 aliphatic carbocycles. The van der Waals surface area contributed by atoms with E-state index in [0.717, 1.165) is 51.4 Å². The third kappa shape index (κ3) is 42.4. The van der Waals surface area contributed by atoms with E-state index in [0.29, 0.717) is 17.4 Å². The lowest BCUT2D eigenvalue weighted by molar-refractivity contribution is -0.870. The first kappa shape index (κ1) is 54.8. The predicted molar refractivity (Wildman–Crippen MR) is 231 cm³/mol. The van der Waals surface area contributed by atoms with E-state index in [2.05, 4.69) is 26.0 Å². The Hall–Kier alpha value is -1.25. The maximum Gasteiger partial charge on any atom is 0.306 e. The summed E-state index contributed by atoms with van der Waals surface area (Å²) in [6, 6.07) is 0. The molecule has 0 aliphatic heterocycles. The molecule has 0 saturated carbocycles. The van der Waals surface area contributed by atoms with Crippen LogP contribution in [0, 0.1) is 0 Å². The van der Waals surface area contributed by atoms with Crippen molar-refractivity contribution in [2.75, 3.05) is 47.5 Å². The molecule has 0 radical (unpaired) electrons. The number of quaternary nitrogens is 1. The second kappa shape index (κ2) is 39.2. The lowest BCUT2D eigenvalue weighted by Gasteiger charge is -2.28. The normalized spacial score (nSPS) is 13.6. The van der Waals surface area contributed by atoms with Gasteiger partial charge in [0.25, 0.3) is 7.82 Å². The zero-order chi connectivity index (χ0) is 41.4. The minimum Gasteiger partial charge on any atom is -0.756 e. The number of phosphoric acid groups is 1. The third-order valence-corrected chi connectivity index (χ3v) is 11.2. The van der Waals surface area contributed by atoms with E-state index >= 15 is 0 Å². The van der Waals surface area contributed by atoms with E-state index in [1.165, 1.54) is 135 Å². The van der Waals surface area contributed by atoms with Crippen LogP contribution in [0.4, 0.5) is 0 Å². The summed E-state index contributed by atoms with van der Waals surface area (Å²) in [5.41, 5.74) is 0. The molecule has 0 heterocycles. The van der Waals surface area contributed by atoms with Crippen molar-refractivity contribution in [3.05, 3.63) is 12.2 Å². The zero-order valence-electron chi connectivity index (χ0n) is 37.3. The average molecular weight is 816 g/mol. The molecule has 2 unspecified atom stereocenters. The molecule has 0 aliphatic rings. The number of ether oxygens (including phenoxy) is 2. The number of allylic oxidation sites excluding steroid dienone is 2. The first-order valence-electron chi connectivity index (χ1n) is 23.4. The third-order valence-electron chi connectivity index (χ3n) is 10.3. The van der Waals surface area contributed by atoms with Gasteiger partial charge in [-0.2, -0.15) is 0 Å². The van der Waals surface area contributed by atoms with Gasteiger partial charge in [-0.25, -0.2) is 0 Å². The van der Waals surface area contributed by atoms with E-state index < -0.39 is 26.5 Å². The largest absolute Gasteiger partial charge is 0.756 e. The summed E-state index contributed by atoms with van der Waals surface area (Å²) in [4.78, 5) is 37.6. The van der Waals surface area contributed by atoms with Crippen molar-refractivity contribution in [2.24, 2.45) is 0 Å². The Balaban J connectivity index is 4.29. The molecule has 0 amide bonds. The minimum atomic E-state index is -4.62. The van der Waals surface area contributed by atoms with Crippen LogP contribution in [0.25, 0.3) is 0 Å². The fraction of sp³-hybridized carbons (Fsp3) is 0.913. The van der Waals surface area contributed by atoms with Crippen molar-refractivity contribution in [1.82, 2.24) is 0 Å². The van der Waals surface area contributed by atoms with Crippen LogP contribution in [-0.2, 0) is 32.7 Å². The maximum absolute atomic E-state index is 12.7. The lowest BCUT2D eigenvalue weighted by Crippen LogP contribution is -2.37. The molecule has 0 spiro atoms. The van der Waals surface area contributed by atoms with Gasteiger partial charge in [-0.1, -0.05) is 180 Å². The minimum absolute atomic E-state index is 0.0292. The van der Waals surface area contributed by atoms with Crippen LogP contribution in [0.5, 0.6) is 0 Å². The van der Waals surface area contributed by atoms with Gasteiger partial charge < -0.3 is 27.9 Å². The van der Waals surface area contributed by atoms with Gasteiger partial charge in [0.2, 0.25) is 0 Å². The van der Waals surface area contributed by atoms with Gasteiger partial charge in [-0.05, 0) is 38.5 Å². The number of hydrogen-bond donors (Lipinski definition) is 0. The molecule has 0 aromatic heterocycles. The number of carbonyl (C=O) groups is 2. The fourth-order valence-electron chi connectivity index (χ4n) is 6.59. The summed E-state index contributed by atoms with van der Waals surface area (Å²) in [5, 5.41) is 0. The molecule has 2 atom stereocenters. The number of carbonyl (C=O) groups excluding carboxylic acids is 2. The van der Waals surface area contributed by atoms with Crippen molar-refractivity contribution in [3.8, 4) is 0 Å². The Kier molecular flexibility index (Phi) is 38.3. The van der Waals surface area contributed by atoms with Crippen LogP contribution in [0.2, 0.25) is 0 Å². The number of rotatable bonds is 43. The van der Waals surface area contributed by atoms with E-state index in [9.17, 15) is 19.0 Å². The molecular formula is C46H90NO8P. The number of unbranched alkanes of at least 4 members (excludes halogenated alkanes) is 27. The van der Waals surface area contributed by atoms with E-state index in [1.54, 1.807) is 0 Å². The molecule has 56 heavy (non-hydrogen) atoms. The second-order valence-corrected chi connectivity index (χ2v) is 18.5. The van der Waals surface area contributed by atoms with Gasteiger partial charge >= 0.3 is 11.9 Å². The molecule has 9 nitrogen and oxygen atoms in total. The molecule has 0 aromatic rings.